The van der Waals surface area contributed by atoms with E-state index in [1.807, 2.05) is 6.92 Å². The highest BCUT2D eigenvalue weighted by Gasteiger charge is 2.35. The van der Waals surface area contributed by atoms with Gasteiger partial charge in [0, 0.05) is 11.7 Å². The van der Waals surface area contributed by atoms with Gasteiger partial charge in [-0.25, -0.2) is 4.39 Å². The molecular weight excluding hydrogens is 457 g/mol. The second kappa shape index (κ2) is 10.3. The number of nitrogens with one attached hydrogen (secondary N) is 1. The van der Waals surface area contributed by atoms with Crippen molar-refractivity contribution in [3.63, 3.8) is 0 Å². The highest BCUT2D eigenvalue weighted by Crippen LogP contribution is 2.31. The molecule has 11 heteroatoms. The number of aromatic nitrogens is 1. The fourth-order valence-corrected chi connectivity index (χ4v) is 4.75. The Morgan fingerprint density at radius 3 is 2.59 bits per heavy atom. The van der Waals surface area contributed by atoms with Gasteiger partial charge in [0.25, 0.3) is 11.8 Å². The van der Waals surface area contributed by atoms with Crippen LogP contribution >= 0.6 is 23.1 Å². The Morgan fingerprint density at radius 2 is 2.03 bits per heavy atom. The van der Waals surface area contributed by atoms with E-state index in [2.05, 4.69) is 9.69 Å². The fraction of sp³-hybridized carbons (Fsp3) is 0.429. The molecule has 1 fully saturated rings. The summed E-state index contributed by atoms with van der Waals surface area (Å²) in [5.41, 5.74) is 11.1. The molecule has 3 amide bonds. The number of anilines is 2. The third-order valence-electron chi connectivity index (χ3n) is 5.43. The largest absolute Gasteiger partial charge is 0.395 e. The summed E-state index contributed by atoms with van der Waals surface area (Å²) < 4.78 is 17.7. The van der Waals surface area contributed by atoms with Crippen molar-refractivity contribution in [3.05, 3.63) is 39.6 Å². The molecule has 0 unspecified atom stereocenters. The molecule has 0 bridgehead atoms. The number of rotatable bonds is 8. The predicted molar refractivity (Wildman–Crippen MR) is 122 cm³/mol. The molecule has 1 aromatic heterocycles. The van der Waals surface area contributed by atoms with Crippen LogP contribution in [0.15, 0.2) is 18.2 Å². The predicted octanol–water partition coefficient (Wildman–Crippen LogP) is 3.49. The highest BCUT2D eigenvalue weighted by atomic mass is 35.5. The molecule has 1 atom stereocenters. The molecule has 172 valence electrons. The maximum Gasteiger partial charge on any atom is 0.272 e. The van der Waals surface area contributed by atoms with Crippen LogP contribution in [0.5, 0.6) is 0 Å². The molecule has 1 aromatic carbocycles. The average Bonchev–Trinajstić information content (AvgIpc) is 3.39. The van der Waals surface area contributed by atoms with E-state index >= 15 is 0 Å². The summed E-state index contributed by atoms with van der Waals surface area (Å²) in [4.78, 5) is 39.6. The van der Waals surface area contributed by atoms with E-state index in [4.69, 9.17) is 23.1 Å². The van der Waals surface area contributed by atoms with Crippen molar-refractivity contribution >= 4 is 52.2 Å². The van der Waals surface area contributed by atoms with Gasteiger partial charge in [0.2, 0.25) is 5.91 Å². The zero-order valence-electron chi connectivity index (χ0n) is 17.6. The van der Waals surface area contributed by atoms with Gasteiger partial charge in [-0.1, -0.05) is 37.8 Å². The Bertz CT molecular complexity index is 1020. The van der Waals surface area contributed by atoms with E-state index in [0.29, 0.717) is 12.8 Å². The Hall–Kier alpha value is -2.72. The van der Waals surface area contributed by atoms with E-state index in [9.17, 15) is 18.8 Å². The number of carbonyl (C=O) groups is 3. The number of nitrogens with two attached hydrogens (primary N) is 2. The zero-order valence-corrected chi connectivity index (χ0v) is 19.1. The molecule has 5 N–H and O–H groups in total. The van der Waals surface area contributed by atoms with Gasteiger partial charge in [-0.15, -0.1) is 0 Å². The van der Waals surface area contributed by atoms with Gasteiger partial charge in [-0.2, -0.15) is 4.37 Å². The SMILES string of the molecule is CCC[C@@H](C(=O)NC1CCCC1)N(C(=O)c1snc(C(N)=O)c1N)c1ccc(F)c(Cl)c1. The number of hydrogen-bond donors (Lipinski definition) is 3. The van der Waals surface area contributed by atoms with Crippen molar-refractivity contribution in [2.75, 3.05) is 10.6 Å². The van der Waals surface area contributed by atoms with Gasteiger partial charge in [0.1, 0.15) is 16.7 Å². The van der Waals surface area contributed by atoms with Crippen LogP contribution in [-0.2, 0) is 4.79 Å². The minimum atomic E-state index is -0.895. The molecule has 0 spiro atoms. The molecule has 1 saturated carbocycles. The molecule has 0 saturated heterocycles. The number of nitrogen functional groups attached to an aromatic ring is 1. The van der Waals surface area contributed by atoms with Crippen LogP contribution in [0.25, 0.3) is 0 Å². The van der Waals surface area contributed by atoms with E-state index in [-0.39, 0.29) is 38.9 Å². The van der Waals surface area contributed by atoms with Crippen molar-refractivity contribution < 1.29 is 18.8 Å². The third-order valence-corrected chi connectivity index (χ3v) is 6.57. The lowest BCUT2D eigenvalue weighted by atomic mass is 10.1. The van der Waals surface area contributed by atoms with Crippen molar-refractivity contribution in [2.45, 2.75) is 57.5 Å². The average molecular weight is 482 g/mol. The van der Waals surface area contributed by atoms with E-state index < -0.39 is 23.7 Å². The van der Waals surface area contributed by atoms with Crippen LogP contribution in [0.1, 0.15) is 65.6 Å². The topological polar surface area (TPSA) is 131 Å². The Labute approximate surface area is 194 Å². The monoisotopic (exact) mass is 481 g/mol. The standard InChI is InChI=1S/C21H25ClFN5O3S/c1-2-5-15(20(30)26-11-6-3-4-7-11)28(12-8-9-14(23)13(22)10-12)21(31)18-16(24)17(19(25)29)27-32-18/h8-11,15H,2-7,24H2,1H3,(H2,25,29)(H,26,30)/t15-/m0/s1. The molecule has 1 aliphatic carbocycles. The first-order valence-electron chi connectivity index (χ1n) is 10.4. The Kier molecular flexibility index (Phi) is 7.68. The highest BCUT2D eigenvalue weighted by molar-refractivity contribution is 7.09. The summed E-state index contributed by atoms with van der Waals surface area (Å²) in [7, 11) is 0. The second-order valence-corrected chi connectivity index (χ2v) is 8.89. The summed E-state index contributed by atoms with van der Waals surface area (Å²) in [5, 5.41) is 2.83. The minimum Gasteiger partial charge on any atom is -0.395 e. The van der Waals surface area contributed by atoms with Gasteiger partial charge in [-0.3, -0.25) is 19.3 Å². The maximum atomic E-state index is 13.8. The third kappa shape index (κ3) is 5.02. The van der Waals surface area contributed by atoms with Gasteiger partial charge < -0.3 is 16.8 Å². The summed E-state index contributed by atoms with van der Waals surface area (Å²) in [5.74, 6) is -2.47. The van der Waals surface area contributed by atoms with Gasteiger partial charge >= 0.3 is 0 Å². The quantitative estimate of drug-likeness (QED) is 0.531. The molecule has 1 heterocycles. The lowest BCUT2D eigenvalue weighted by Gasteiger charge is -2.31. The molecule has 32 heavy (non-hydrogen) atoms. The van der Waals surface area contributed by atoms with Crippen molar-refractivity contribution in [1.29, 1.82) is 0 Å². The lowest BCUT2D eigenvalue weighted by Crippen LogP contribution is -2.51. The first kappa shape index (κ1) is 23.9. The van der Waals surface area contributed by atoms with Crippen LogP contribution < -0.4 is 21.7 Å². The fourth-order valence-electron chi connectivity index (χ4n) is 3.83. The first-order chi connectivity index (χ1) is 15.2. The number of carbonyl (C=O) groups excluding carboxylic acids is 3. The molecule has 8 nitrogen and oxygen atoms in total. The summed E-state index contributed by atoms with van der Waals surface area (Å²) >= 11 is 6.69. The van der Waals surface area contributed by atoms with Gasteiger partial charge in [0.15, 0.2) is 5.69 Å². The molecular formula is C21H25ClFN5O3S. The smallest absolute Gasteiger partial charge is 0.272 e. The van der Waals surface area contributed by atoms with Crippen molar-refractivity contribution in [3.8, 4) is 0 Å². The van der Waals surface area contributed by atoms with Crippen LogP contribution in [0.4, 0.5) is 15.8 Å². The second-order valence-electron chi connectivity index (χ2n) is 7.71. The summed E-state index contributed by atoms with van der Waals surface area (Å²) in [6.07, 6.45) is 4.78. The summed E-state index contributed by atoms with van der Waals surface area (Å²) in [6, 6.07) is 2.93. The number of amides is 3. The van der Waals surface area contributed by atoms with Crippen LogP contribution in [0.3, 0.4) is 0 Å². The van der Waals surface area contributed by atoms with Crippen molar-refractivity contribution in [1.82, 2.24) is 9.69 Å². The number of benzene rings is 1. The van der Waals surface area contributed by atoms with Crippen LogP contribution in [0.2, 0.25) is 5.02 Å². The van der Waals surface area contributed by atoms with Gasteiger partial charge in [0.05, 0.1) is 10.7 Å². The van der Waals surface area contributed by atoms with E-state index in [1.54, 1.807) is 0 Å². The minimum absolute atomic E-state index is 0.0333. The van der Waals surface area contributed by atoms with Crippen LogP contribution in [0, 0.1) is 5.82 Å². The Balaban J connectivity index is 2.05. The van der Waals surface area contributed by atoms with Gasteiger partial charge in [-0.05, 0) is 49.0 Å². The lowest BCUT2D eigenvalue weighted by molar-refractivity contribution is -0.123. The first-order valence-corrected chi connectivity index (χ1v) is 11.5. The maximum absolute atomic E-state index is 13.8. The number of primary amides is 1. The summed E-state index contributed by atoms with van der Waals surface area (Å²) in [6.45, 7) is 1.89. The molecule has 0 radical (unpaired) electrons. The molecule has 3 rings (SSSR count). The zero-order chi connectivity index (χ0) is 23.4. The van der Waals surface area contributed by atoms with E-state index in [1.165, 1.54) is 17.0 Å². The van der Waals surface area contributed by atoms with E-state index in [0.717, 1.165) is 43.3 Å². The number of nitrogens with zero attached hydrogens (tertiary/aromatic N) is 2. The molecule has 0 aliphatic heterocycles. The normalized spacial score (nSPS) is 14.8. The van der Waals surface area contributed by atoms with Crippen molar-refractivity contribution in [2.24, 2.45) is 5.73 Å². The molecule has 1 aliphatic rings. The molecule has 2 aromatic rings. The van der Waals surface area contributed by atoms with Crippen LogP contribution in [-0.4, -0.2) is 34.2 Å². The number of halogens is 2. The number of hydrogen-bond acceptors (Lipinski definition) is 6. The Morgan fingerprint density at radius 1 is 1.34 bits per heavy atom.